The number of fused-ring (bicyclic) bond motifs is 2. The van der Waals surface area contributed by atoms with Crippen molar-refractivity contribution in [1.82, 2.24) is 19.8 Å². The third-order valence-corrected chi connectivity index (χ3v) is 17.7. The molecule has 0 spiro atoms. The highest BCUT2D eigenvalue weighted by Gasteiger charge is 2.41. The molecule has 0 radical (unpaired) electrons. The monoisotopic (exact) mass is 1210 g/mol. The molecular weight excluding hydrogens is 1120 g/mol. The standard InChI is InChI=1S/C35H43FN2O5.C33H39FN2O4.C2H6O.C2H6/c1-6-38(21(2)20-41-4)19-27-15-25(11-13-28(27)29-17-33(42-5)37-18-30(29)36)31-14-12-23-7-10-26(16-32(23)43-31)34(24-8-9-24)22(3)35(39)40;1-5-36(6-2)19-25-15-23(11-13-26(25)27-17-31(39-4)35-18-28(27)34)29-14-12-21-7-10-24(16-30(21)40-29)32(22-8-9-22)20(3)33(37)38;1-3-2;1-2/h7,10-11,13,15-18,21-22,24,31,34H,6,8-9,12,14,19-20H2,1-5H3,(H,39,40);7,10-11,13,15-18,20,22,29,32H,5-6,8-9,12,14,19H2,1-4H3,(H,37,38);1-2H3;1-2H3/t21?,22?,31?,34-;;;/m0.../s1. The Hall–Kier alpha value is -6.98. The zero-order chi connectivity index (χ0) is 63.8. The van der Waals surface area contributed by atoms with Crippen molar-refractivity contribution in [2.24, 2.45) is 23.7 Å². The van der Waals surface area contributed by atoms with Crippen LogP contribution < -0.4 is 18.9 Å². The topological polar surface area (TPSA) is 162 Å². The molecular formula is C72H94F2N4O10. The van der Waals surface area contributed by atoms with Crippen LogP contribution in [-0.4, -0.2) is 110 Å². The summed E-state index contributed by atoms with van der Waals surface area (Å²) in [6, 6.07) is 28.3. The summed E-state index contributed by atoms with van der Waals surface area (Å²) in [5, 5.41) is 19.5. The molecule has 476 valence electrons. The molecule has 14 nitrogen and oxygen atoms in total. The predicted octanol–water partition coefficient (Wildman–Crippen LogP) is 15.3. The third-order valence-electron chi connectivity index (χ3n) is 17.7. The van der Waals surface area contributed by atoms with Gasteiger partial charge in [-0.2, -0.15) is 0 Å². The first-order valence-electron chi connectivity index (χ1n) is 31.5. The highest BCUT2D eigenvalue weighted by Crippen LogP contribution is 2.50. The van der Waals surface area contributed by atoms with Crippen LogP contribution in [0.2, 0.25) is 0 Å². The smallest absolute Gasteiger partial charge is 0.306 e. The van der Waals surface area contributed by atoms with Crippen LogP contribution in [0, 0.1) is 35.3 Å². The normalized spacial score (nSPS) is 17.5. The van der Waals surface area contributed by atoms with E-state index in [2.05, 4.69) is 101 Å². The van der Waals surface area contributed by atoms with E-state index in [9.17, 15) is 24.2 Å². The maximum Gasteiger partial charge on any atom is 0.306 e. The minimum atomic E-state index is -0.759. The number of carboxylic acids is 2. The van der Waals surface area contributed by atoms with Crippen LogP contribution in [0.25, 0.3) is 22.3 Å². The number of carboxylic acid groups (broad SMARTS) is 2. The lowest BCUT2D eigenvalue weighted by atomic mass is 9.82. The molecule has 2 aromatic heterocycles. The van der Waals surface area contributed by atoms with Gasteiger partial charge in [0, 0.05) is 63.7 Å². The second-order valence-electron chi connectivity index (χ2n) is 23.5. The Balaban J connectivity index is 0.000000235. The number of aromatic nitrogens is 2. The fourth-order valence-corrected chi connectivity index (χ4v) is 12.5. The van der Waals surface area contributed by atoms with Crippen molar-refractivity contribution >= 4 is 11.9 Å². The third kappa shape index (κ3) is 17.0. The number of rotatable bonds is 24. The zero-order valence-electron chi connectivity index (χ0n) is 54.0. The Labute approximate surface area is 520 Å². The van der Waals surface area contributed by atoms with Crippen molar-refractivity contribution < 1.29 is 57.0 Å². The highest BCUT2D eigenvalue weighted by molar-refractivity contribution is 5.73. The van der Waals surface area contributed by atoms with Crippen molar-refractivity contribution in [3.8, 4) is 45.5 Å². The fourth-order valence-electron chi connectivity index (χ4n) is 12.5. The summed E-state index contributed by atoms with van der Waals surface area (Å²) < 4.78 is 63.6. The van der Waals surface area contributed by atoms with Crippen molar-refractivity contribution in [2.75, 3.05) is 61.8 Å². The molecule has 0 bridgehead atoms. The summed E-state index contributed by atoms with van der Waals surface area (Å²) in [7, 11) is 8.01. The second kappa shape index (κ2) is 32.5. The van der Waals surface area contributed by atoms with Gasteiger partial charge in [0.15, 0.2) is 0 Å². The summed E-state index contributed by atoms with van der Waals surface area (Å²) in [6.45, 7) is 20.6. The molecule has 88 heavy (non-hydrogen) atoms. The van der Waals surface area contributed by atoms with Crippen LogP contribution in [0.5, 0.6) is 23.3 Å². The largest absolute Gasteiger partial charge is 0.485 e. The number of halogens is 2. The van der Waals surface area contributed by atoms with Gasteiger partial charge in [-0.05, 0) is 169 Å². The molecule has 2 aliphatic heterocycles. The Morgan fingerprint density at radius 1 is 0.580 bits per heavy atom. The molecule has 7 atom stereocenters. The van der Waals surface area contributed by atoms with Crippen molar-refractivity contribution in [1.29, 1.82) is 0 Å². The highest BCUT2D eigenvalue weighted by atomic mass is 19.1. The zero-order valence-corrected chi connectivity index (χ0v) is 54.0. The lowest BCUT2D eigenvalue weighted by Crippen LogP contribution is -2.35. The van der Waals surface area contributed by atoms with Crippen molar-refractivity contribution in [3.05, 3.63) is 153 Å². The maximum atomic E-state index is 15.1. The number of ether oxygens (including phenoxy) is 6. The molecule has 4 heterocycles. The average molecular weight is 1210 g/mol. The minimum absolute atomic E-state index is 0.000941. The number of benzene rings is 4. The van der Waals surface area contributed by atoms with E-state index in [1.54, 1.807) is 33.5 Å². The number of hydrogen-bond donors (Lipinski definition) is 2. The summed E-state index contributed by atoms with van der Waals surface area (Å²) in [5.41, 5.74) is 11.0. The summed E-state index contributed by atoms with van der Waals surface area (Å²) in [6.07, 6.45) is 9.80. The molecule has 6 unspecified atom stereocenters. The first-order chi connectivity index (χ1) is 42.5. The second-order valence-corrected chi connectivity index (χ2v) is 23.5. The Kier molecular flexibility index (Phi) is 25.3. The van der Waals surface area contributed by atoms with Crippen LogP contribution >= 0.6 is 0 Å². The molecule has 4 aromatic carbocycles. The molecule has 0 saturated heterocycles. The number of methoxy groups -OCH3 is 4. The van der Waals surface area contributed by atoms with Crippen LogP contribution in [0.3, 0.4) is 0 Å². The lowest BCUT2D eigenvalue weighted by Gasteiger charge is -2.31. The Morgan fingerprint density at radius 2 is 1.00 bits per heavy atom. The summed E-state index contributed by atoms with van der Waals surface area (Å²) in [5.74, 6) is 0.0357. The first-order valence-corrected chi connectivity index (χ1v) is 31.5. The minimum Gasteiger partial charge on any atom is -0.485 e. The molecule has 2 fully saturated rings. The maximum absolute atomic E-state index is 15.1. The lowest BCUT2D eigenvalue weighted by molar-refractivity contribution is -0.143. The molecule has 4 aliphatic rings. The Bertz CT molecular complexity index is 3260. The summed E-state index contributed by atoms with van der Waals surface area (Å²) in [4.78, 5) is 36.4. The van der Waals surface area contributed by atoms with Gasteiger partial charge in [0.05, 0.1) is 45.1 Å². The number of carbonyl (C=O) groups is 2. The SMILES string of the molecule is CC.CCN(CC)Cc1cc(C2CCc3ccc(C(C4CC4)C(C)C(=O)O)cc3O2)ccc1-c1cc(OC)ncc1F.CCN(Cc1cc(C2CCc3ccc([C@H](C4CC4)C(C)C(=O)O)cc3O2)ccc1-c1cc(OC)ncc1F)C(C)COC.COC. The Morgan fingerprint density at radius 3 is 1.36 bits per heavy atom. The van der Waals surface area contributed by atoms with Gasteiger partial charge < -0.3 is 38.6 Å². The van der Waals surface area contributed by atoms with E-state index in [4.69, 9.17) is 23.7 Å². The molecule has 0 amide bonds. The van der Waals surface area contributed by atoms with Crippen molar-refractivity contribution in [2.45, 2.75) is 150 Å². The van der Waals surface area contributed by atoms with Gasteiger partial charge in [0.1, 0.15) is 35.3 Å². The quantitative estimate of drug-likeness (QED) is 0.0589. The fraction of sp³-hybridized carbons (Fsp3) is 0.500. The first kappa shape index (κ1) is 68.5. The van der Waals surface area contributed by atoms with Gasteiger partial charge in [-0.15, -0.1) is 0 Å². The van der Waals surface area contributed by atoms with Crippen LogP contribution in [0.15, 0.2) is 97.3 Å². The van der Waals surface area contributed by atoms with Gasteiger partial charge >= 0.3 is 11.9 Å². The van der Waals surface area contributed by atoms with Gasteiger partial charge in [-0.1, -0.05) is 109 Å². The van der Waals surface area contributed by atoms with Crippen molar-refractivity contribution in [3.63, 3.8) is 0 Å². The molecule has 2 saturated carbocycles. The number of pyridine rings is 2. The van der Waals surface area contributed by atoms with Gasteiger partial charge in [-0.25, -0.2) is 18.7 Å². The van der Waals surface area contributed by atoms with E-state index in [-0.39, 0.29) is 35.9 Å². The van der Waals surface area contributed by atoms with Gasteiger partial charge in [0.25, 0.3) is 0 Å². The number of aryl methyl sites for hydroxylation is 2. The molecule has 6 aromatic rings. The van der Waals surface area contributed by atoms with E-state index in [1.807, 2.05) is 52.0 Å². The van der Waals surface area contributed by atoms with E-state index >= 15 is 4.39 Å². The molecule has 2 aliphatic carbocycles. The molecule has 2 N–H and O–H groups in total. The molecule has 10 rings (SSSR count). The van der Waals surface area contributed by atoms with Crippen LogP contribution in [0.4, 0.5) is 8.78 Å². The number of hydrogen-bond acceptors (Lipinski definition) is 12. The average Bonchev–Trinajstić information content (AvgIpc) is 3.02. The molecule has 16 heteroatoms. The van der Waals surface area contributed by atoms with E-state index < -0.39 is 29.6 Å². The van der Waals surface area contributed by atoms with Gasteiger partial charge in [0.2, 0.25) is 11.8 Å². The van der Waals surface area contributed by atoms with E-state index in [0.717, 1.165) is 138 Å². The van der Waals surface area contributed by atoms with E-state index in [0.29, 0.717) is 54.4 Å². The number of likely N-dealkylation sites (N-methyl/N-ethyl adjacent to an activating group) is 1. The van der Waals surface area contributed by atoms with Crippen LogP contribution in [0.1, 0.15) is 162 Å². The van der Waals surface area contributed by atoms with E-state index in [1.165, 1.54) is 26.6 Å². The number of nitrogens with zero attached hydrogens (tertiary/aromatic N) is 4. The summed E-state index contributed by atoms with van der Waals surface area (Å²) >= 11 is 0. The number of aliphatic carboxylic acids is 2. The van der Waals surface area contributed by atoms with Crippen LogP contribution in [-0.2, 0) is 45.0 Å². The van der Waals surface area contributed by atoms with Gasteiger partial charge in [-0.3, -0.25) is 19.4 Å². The predicted molar refractivity (Wildman–Crippen MR) is 341 cm³/mol.